The third-order valence-electron chi connectivity index (χ3n) is 6.37. The number of fused-ring (bicyclic) bond motifs is 2. The highest BCUT2D eigenvalue weighted by molar-refractivity contribution is 6.21. The molecule has 0 N–H and O–H groups in total. The van der Waals surface area contributed by atoms with Gasteiger partial charge in [-0.3, -0.25) is 0 Å². The van der Waals surface area contributed by atoms with Crippen LogP contribution in [0, 0.1) is 0 Å². The van der Waals surface area contributed by atoms with Gasteiger partial charge < -0.3 is 14.2 Å². The second kappa shape index (κ2) is 10.6. The number of carbonyl (C=O) groups excluding carboxylic acids is 1. The lowest BCUT2D eigenvalue weighted by Crippen LogP contribution is -2.12. The number of hydrogen-bond acceptors (Lipinski definition) is 4. The molecule has 37 heavy (non-hydrogen) atoms. The highest BCUT2D eigenvalue weighted by Crippen LogP contribution is 2.44. The van der Waals surface area contributed by atoms with Crippen molar-refractivity contribution in [2.45, 2.75) is 6.92 Å². The standard InChI is InChI=1S/C33H28O4/c1-22(2)33(34)37-20-19-36-26-10-8-9-24(21-26)32-29-13-6-4-11-27(29)31(28-12-5-7-14-30(28)32)23-15-17-25(35-3)18-16-23/h4-18,21H,1,19-20H2,2-3H3. The van der Waals surface area contributed by atoms with Crippen LogP contribution in [0.1, 0.15) is 6.92 Å². The van der Waals surface area contributed by atoms with Crippen molar-refractivity contribution in [2.24, 2.45) is 0 Å². The van der Waals surface area contributed by atoms with E-state index in [-0.39, 0.29) is 13.2 Å². The summed E-state index contributed by atoms with van der Waals surface area (Å²) in [6.45, 7) is 5.65. The summed E-state index contributed by atoms with van der Waals surface area (Å²) in [6, 6.07) is 33.3. The zero-order valence-corrected chi connectivity index (χ0v) is 21.0. The number of benzene rings is 5. The van der Waals surface area contributed by atoms with E-state index >= 15 is 0 Å². The SMILES string of the molecule is C=C(C)C(=O)OCCOc1cccc(-c2c3ccccc3c(-c3ccc(OC)cc3)c3ccccc23)c1. The molecule has 0 saturated heterocycles. The normalized spacial score (nSPS) is 10.9. The van der Waals surface area contributed by atoms with Gasteiger partial charge in [0.2, 0.25) is 0 Å². The zero-order valence-electron chi connectivity index (χ0n) is 21.0. The molecule has 0 aliphatic carbocycles. The third kappa shape index (κ3) is 4.91. The van der Waals surface area contributed by atoms with Crippen LogP contribution >= 0.6 is 0 Å². The maximum Gasteiger partial charge on any atom is 0.333 e. The summed E-state index contributed by atoms with van der Waals surface area (Å²) in [5.74, 6) is 1.14. The molecule has 4 heteroatoms. The minimum atomic E-state index is -0.410. The van der Waals surface area contributed by atoms with Gasteiger partial charge in [0, 0.05) is 5.57 Å². The molecule has 4 nitrogen and oxygen atoms in total. The van der Waals surface area contributed by atoms with Crippen molar-refractivity contribution < 1.29 is 19.0 Å². The molecule has 0 unspecified atom stereocenters. The van der Waals surface area contributed by atoms with Crippen molar-refractivity contribution in [3.8, 4) is 33.8 Å². The van der Waals surface area contributed by atoms with Gasteiger partial charge in [-0.15, -0.1) is 0 Å². The first-order valence-corrected chi connectivity index (χ1v) is 12.2. The minimum absolute atomic E-state index is 0.165. The van der Waals surface area contributed by atoms with Gasteiger partial charge in [-0.05, 0) is 75.0 Å². The topological polar surface area (TPSA) is 44.8 Å². The zero-order chi connectivity index (χ0) is 25.8. The fourth-order valence-electron chi connectivity index (χ4n) is 4.67. The molecule has 5 aromatic rings. The van der Waals surface area contributed by atoms with E-state index in [1.807, 2.05) is 30.3 Å². The second-order valence-corrected chi connectivity index (χ2v) is 8.86. The predicted molar refractivity (Wildman–Crippen MR) is 150 cm³/mol. The van der Waals surface area contributed by atoms with Crippen LogP contribution in [-0.4, -0.2) is 26.3 Å². The van der Waals surface area contributed by atoms with Crippen LogP contribution in [0.4, 0.5) is 0 Å². The molecular formula is C33H28O4. The minimum Gasteiger partial charge on any atom is -0.497 e. The first-order chi connectivity index (χ1) is 18.1. The Morgan fingerprint density at radius 3 is 1.78 bits per heavy atom. The van der Waals surface area contributed by atoms with E-state index in [1.54, 1.807) is 14.0 Å². The van der Waals surface area contributed by atoms with E-state index in [4.69, 9.17) is 14.2 Å². The second-order valence-electron chi connectivity index (χ2n) is 8.86. The highest BCUT2D eigenvalue weighted by Gasteiger charge is 2.16. The molecule has 0 aromatic heterocycles. The molecule has 0 spiro atoms. The molecule has 0 saturated carbocycles. The Morgan fingerprint density at radius 2 is 1.24 bits per heavy atom. The average molecular weight is 489 g/mol. The molecule has 0 atom stereocenters. The summed E-state index contributed by atoms with van der Waals surface area (Å²) in [5, 5.41) is 4.69. The molecule has 0 fully saturated rings. The van der Waals surface area contributed by atoms with Gasteiger partial charge in [0.25, 0.3) is 0 Å². The summed E-state index contributed by atoms with van der Waals surface area (Å²) < 4.78 is 16.5. The fraction of sp³-hybridized carbons (Fsp3) is 0.121. The Bertz CT molecular complexity index is 1540. The number of carbonyl (C=O) groups is 1. The van der Waals surface area contributed by atoms with Crippen LogP contribution in [0.2, 0.25) is 0 Å². The molecular weight excluding hydrogens is 460 g/mol. The van der Waals surface area contributed by atoms with Crippen molar-refractivity contribution in [1.29, 1.82) is 0 Å². The predicted octanol–water partition coefficient (Wildman–Crippen LogP) is 7.83. The fourth-order valence-corrected chi connectivity index (χ4v) is 4.67. The maximum atomic E-state index is 11.6. The molecule has 0 radical (unpaired) electrons. The molecule has 5 rings (SSSR count). The number of hydrogen-bond donors (Lipinski definition) is 0. The summed E-state index contributed by atoms with van der Waals surface area (Å²) in [7, 11) is 1.68. The first kappa shape index (κ1) is 24.1. The molecule has 5 aromatic carbocycles. The summed E-state index contributed by atoms with van der Waals surface area (Å²) in [6.07, 6.45) is 0. The third-order valence-corrected chi connectivity index (χ3v) is 6.37. The van der Waals surface area contributed by atoms with Crippen molar-refractivity contribution in [3.63, 3.8) is 0 Å². The summed E-state index contributed by atoms with van der Waals surface area (Å²) >= 11 is 0. The molecule has 184 valence electrons. The maximum absolute atomic E-state index is 11.6. The first-order valence-electron chi connectivity index (χ1n) is 12.2. The number of esters is 1. The van der Waals surface area contributed by atoms with Crippen molar-refractivity contribution in [3.05, 3.63) is 109 Å². The van der Waals surface area contributed by atoms with Gasteiger partial charge in [-0.25, -0.2) is 4.79 Å². The van der Waals surface area contributed by atoms with E-state index in [9.17, 15) is 4.79 Å². The molecule has 0 amide bonds. The van der Waals surface area contributed by atoms with Crippen LogP contribution in [0.5, 0.6) is 11.5 Å². The lowest BCUT2D eigenvalue weighted by Gasteiger charge is -2.18. The Labute approximate surface area is 216 Å². The number of methoxy groups -OCH3 is 1. The van der Waals surface area contributed by atoms with Gasteiger partial charge in [0.05, 0.1) is 7.11 Å². The number of rotatable bonds is 8. The van der Waals surface area contributed by atoms with Crippen LogP contribution in [0.3, 0.4) is 0 Å². The van der Waals surface area contributed by atoms with Gasteiger partial charge in [-0.1, -0.05) is 79.4 Å². The van der Waals surface area contributed by atoms with Gasteiger partial charge in [0.1, 0.15) is 24.7 Å². The Morgan fingerprint density at radius 1 is 0.676 bits per heavy atom. The molecule has 0 heterocycles. The molecule has 0 aliphatic rings. The van der Waals surface area contributed by atoms with Crippen molar-refractivity contribution in [2.75, 3.05) is 20.3 Å². The lowest BCUT2D eigenvalue weighted by atomic mass is 9.86. The Hall–Kier alpha value is -4.57. The lowest BCUT2D eigenvalue weighted by molar-refractivity contribution is -0.139. The Kier molecular flexibility index (Phi) is 6.91. The van der Waals surface area contributed by atoms with Gasteiger partial charge in [-0.2, -0.15) is 0 Å². The average Bonchev–Trinajstić information content (AvgIpc) is 2.94. The molecule has 0 bridgehead atoms. The van der Waals surface area contributed by atoms with Crippen LogP contribution < -0.4 is 9.47 Å². The van der Waals surface area contributed by atoms with Crippen molar-refractivity contribution in [1.82, 2.24) is 0 Å². The van der Waals surface area contributed by atoms with Crippen molar-refractivity contribution >= 4 is 27.5 Å². The van der Waals surface area contributed by atoms with E-state index in [2.05, 4.69) is 73.3 Å². The smallest absolute Gasteiger partial charge is 0.333 e. The van der Waals surface area contributed by atoms with E-state index in [1.165, 1.54) is 27.1 Å². The highest BCUT2D eigenvalue weighted by atomic mass is 16.6. The largest absolute Gasteiger partial charge is 0.497 e. The quantitative estimate of drug-likeness (QED) is 0.0966. The number of ether oxygens (including phenoxy) is 3. The monoisotopic (exact) mass is 488 g/mol. The van der Waals surface area contributed by atoms with E-state index in [0.29, 0.717) is 5.57 Å². The van der Waals surface area contributed by atoms with Crippen LogP contribution in [0.15, 0.2) is 109 Å². The summed E-state index contributed by atoms with van der Waals surface area (Å²) in [5.41, 5.74) is 4.93. The summed E-state index contributed by atoms with van der Waals surface area (Å²) in [4.78, 5) is 11.6. The van der Waals surface area contributed by atoms with E-state index < -0.39 is 5.97 Å². The van der Waals surface area contributed by atoms with Gasteiger partial charge >= 0.3 is 5.97 Å². The van der Waals surface area contributed by atoms with E-state index in [0.717, 1.165) is 28.2 Å². The Balaban J connectivity index is 1.60. The van der Waals surface area contributed by atoms with Crippen LogP contribution in [-0.2, 0) is 9.53 Å². The van der Waals surface area contributed by atoms with Gasteiger partial charge in [0.15, 0.2) is 0 Å². The molecule has 0 aliphatic heterocycles. The van der Waals surface area contributed by atoms with Crippen LogP contribution in [0.25, 0.3) is 43.8 Å².